The van der Waals surface area contributed by atoms with Crippen LogP contribution in [-0.4, -0.2) is 4.57 Å². The van der Waals surface area contributed by atoms with Gasteiger partial charge in [0.15, 0.2) is 0 Å². The monoisotopic (exact) mass is 253 g/mol. The fourth-order valence-electron chi connectivity index (χ4n) is 2.23. The number of benzene rings is 2. The zero-order chi connectivity index (χ0) is 13.4. The van der Waals surface area contributed by atoms with Crippen molar-refractivity contribution in [1.29, 1.82) is 0 Å². The van der Waals surface area contributed by atoms with Crippen molar-refractivity contribution in [3.05, 3.63) is 76.5 Å². The Kier molecular flexibility index (Phi) is 2.67. The van der Waals surface area contributed by atoms with Crippen molar-refractivity contribution < 1.29 is 4.39 Å². The molecule has 0 aliphatic heterocycles. The first-order valence-electron chi connectivity index (χ1n) is 6.04. The lowest BCUT2D eigenvalue weighted by molar-refractivity contribution is 0.629. The molecule has 3 aromatic rings. The van der Waals surface area contributed by atoms with Crippen LogP contribution in [-0.2, 0) is 0 Å². The van der Waals surface area contributed by atoms with E-state index in [4.69, 9.17) is 0 Å². The minimum Gasteiger partial charge on any atom is -0.284 e. The molecule has 0 saturated carbocycles. The van der Waals surface area contributed by atoms with Gasteiger partial charge in [-0.3, -0.25) is 9.36 Å². The number of para-hydroxylation sites is 1. The lowest BCUT2D eigenvalue weighted by atomic mass is 10.1. The Bertz CT molecular complexity index is 820. The van der Waals surface area contributed by atoms with Crippen LogP contribution in [0.25, 0.3) is 16.5 Å². The summed E-state index contributed by atoms with van der Waals surface area (Å²) in [7, 11) is 0. The van der Waals surface area contributed by atoms with E-state index >= 15 is 0 Å². The van der Waals surface area contributed by atoms with E-state index < -0.39 is 5.82 Å². The quantitative estimate of drug-likeness (QED) is 0.651. The van der Waals surface area contributed by atoms with E-state index in [1.165, 1.54) is 12.1 Å². The summed E-state index contributed by atoms with van der Waals surface area (Å²) in [5.41, 5.74) is 1.62. The molecule has 0 N–H and O–H groups in total. The number of rotatable bonds is 1. The van der Waals surface area contributed by atoms with Crippen molar-refractivity contribution in [3.8, 4) is 5.69 Å². The molecule has 2 aromatic carbocycles. The Morgan fingerprint density at radius 3 is 2.63 bits per heavy atom. The van der Waals surface area contributed by atoms with Gasteiger partial charge in [0.25, 0.3) is 5.56 Å². The van der Waals surface area contributed by atoms with Crippen molar-refractivity contribution in [3.63, 3.8) is 0 Å². The summed E-state index contributed by atoms with van der Waals surface area (Å²) < 4.78 is 14.8. The number of hydrogen-bond donors (Lipinski definition) is 0. The first-order valence-corrected chi connectivity index (χ1v) is 6.04. The van der Waals surface area contributed by atoms with Gasteiger partial charge < -0.3 is 0 Å². The molecule has 0 saturated heterocycles. The minimum atomic E-state index is -0.396. The van der Waals surface area contributed by atoms with Crippen LogP contribution in [0.3, 0.4) is 0 Å². The Balaban J connectivity index is 2.35. The molecule has 3 heteroatoms. The predicted octanol–water partition coefficient (Wildman–Crippen LogP) is 3.44. The van der Waals surface area contributed by atoms with Crippen molar-refractivity contribution in [1.82, 2.24) is 4.57 Å². The van der Waals surface area contributed by atoms with E-state index in [2.05, 4.69) is 0 Å². The third kappa shape index (κ3) is 1.93. The Hall–Kier alpha value is -2.42. The van der Waals surface area contributed by atoms with Gasteiger partial charge in [0.1, 0.15) is 5.82 Å². The second-order valence-electron chi connectivity index (χ2n) is 4.51. The molecule has 0 aliphatic rings. The van der Waals surface area contributed by atoms with Gasteiger partial charge in [-0.2, -0.15) is 0 Å². The second-order valence-corrected chi connectivity index (χ2v) is 4.51. The molecular weight excluding hydrogens is 241 g/mol. The number of fused-ring (bicyclic) bond motifs is 1. The fourth-order valence-corrected chi connectivity index (χ4v) is 2.23. The molecule has 0 bridgehead atoms. The number of nitrogens with zero attached hydrogens (tertiary/aromatic N) is 1. The lowest BCUT2D eigenvalue weighted by Crippen LogP contribution is -2.18. The lowest BCUT2D eigenvalue weighted by Gasteiger charge is -2.10. The molecule has 0 amide bonds. The van der Waals surface area contributed by atoms with E-state index in [1.807, 2.05) is 37.3 Å². The van der Waals surface area contributed by atoms with E-state index in [-0.39, 0.29) is 5.56 Å². The SMILES string of the molecule is Cc1ccccc1-n1ccc2ccc(F)cc2c1=O. The van der Waals surface area contributed by atoms with E-state index in [0.717, 1.165) is 16.6 Å². The van der Waals surface area contributed by atoms with Gasteiger partial charge in [0.2, 0.25) is 0 Å². The van der Waals surface area contributed by atoms with Gasteiger partial charge in [-0.15, -0.1) is 0 Å². The zero-order valence-corrected chi connectivity index (χ0v) is 10.4. The average molecular weight is 253 g/mol. The van der Waals surface area contributed by atoms with Crippen LogP contribution in [0, 0.1) is 12.7 Å². The van der Waals surface area contributed by atoms with Gasteiger partial charge in [0.05, 0.1) is 11.1 Å². The Morgan fingerprint density at radius 2 is 1.84 bits per heavy atom. The summed E-state index contributed by atoms with van der Waals surface area (Å²) in [6, 6.07) is 13.7. The van der Waals surface area contributed by atoms with Crippen molar-refractivity contribution in [2.24, 2.45) is 0 Å². The van der Waals surface area contributed by atoms with Crippen LogP contribution in [0.15, 0.2) is 59.5 Å². The average Bonchev–Trinajstić information content (AvgIpc) is 2.41. The standard InChI is InChI=1S/C16H12FNO/c1-11-4-2-3-5-15(11)18-9-8-12-6-7-13(17)10-14(12)16(18)19/h2-10H,1H3. The van der Waals surface area contributed by atoms with E-state index in [0.29, 0.717) is 5.39 Å². The van der Waals surface area contributed by atoms with Gasteiger partial charge in [0, 0.05) is 6.20 Å². The van der Waals surface area contributed by atoms with Gasteiger partial charge in [-0.1, -0.05) is 24.3 Å². The molecule has 0 unspecified atom stereocenters. The first kappa shape index (κ1) is 11.7. The molecule has 0 atom stereocenters. The van der Waals surface area contributed by atoms with E-state index in [1.54, 1.807) is 16.8 Å². The number of aryl methyl sites for hydroxylation is 1. The molecule has 0 radical (unpaired) electrons. The largest absolute Gasteiger partial charge is 0.284 e. The third-order valence-corrected chi connectivity index (χ3v) is 3.24. The van der Waals surface area contributed by atoms with Gasteiger partial charge in [-0.05, 0) is 42.1 Å². The highest BCUT2D eigenvalue weighted by Crippen LogP contribution is 2.15. The van der Waals surface area contributed by atoms with Crippen LogP contribution < -0.4 is 5.56 Å². The molecule has 3 rings (SSSR count). The summed E-state index contributed by atoms with van der Waals surface area (Å²) >= 11 is 0. The molecule has 19 heavy (non-hydrogen) atoms. The summed E-state index contributed by atoms with van der Waals surface area (Å²) in [5.74, 6) is -0.396. The van der Waals surface area contributed by atoms with Crippen molar-refractivity contribution in [2.45, 2.75) is 6.92 Å². The summed E-state index contributed by atoms with van der Waals surface area (Å²) in [6.45, 7) is 1.94. The molecule has 94 valence electrons. The molecule has 0 aliphatic carbocycles. The molecule has 0 fully saturated rings. The molecular formula is C16H12FNO. The highest BCUT2D eigenvalue weighted by Gasteiger charge is 2.07. The van der Waals surface area contributed by atoms with Crippen molar-refractivity contribution >= 4 is 10.8 Å². The molecule has 1 aromatic heterocycles. The maximum absolute atomic E-state index is 13.3. The van der Waals surface area contributed by atoms with Crippen LogP contribution in [0.5, 0.6) is 0 Å². The van der Waals surface area contributed by atoms with Crippen LogP contribution >= 0.6 is 0 Å². The van der Waals surface area contributed by atoms with Crippen LogP contribution in [0.1, 0.15) is 5.56 Å². The summed E-state index contributed by atoms with van der Waals surface area (Å²) in [4.78, 5) is 12.4. The van der Waals surface area contributed by atoms with Crippen LogP contribution in [0.4, 0.5) is 4.39 Å². The van der Waals surface area contributed by atoms with E-state index in [9.17, 15) is 9.18 Å². The molecule has 2 nitrogen and oxygen atoms in total. The Morgan fingerprint density at radius 1 is 1.05 bits per heavy atom. The van der Waals surface area contributed by atoms with Crippen molar-refractivity contribution in [2.75, 3.05) is 0 Å². The topological polar surface area (TPSA) is 22.0 Å². The highest BCUT2D eigenvalue weighted by molar-refractivity contribution is 5.81. The maximum atomic E-state index is 13.3. The minimum absolute atomic E-state index is 0.202. The zero-order valence-electron chi connectivity index (χ0n) is 10.4. The van der Waals surface area contributed by atoms with Crippen LogP contribution in [0.2, 0.25) is 0 Å². The smallest absolute Gasteiger partial charge is 0.263 e. The van der Waals surface area contributed by atoms with Gasteiger partial charge >= 0.3 is 0 Å². The number of aromatic nitrogens is 1. The summed E-state index contributed by atoms with van der Waals surface area (Å²) in [5, 5.41) is 1.14. The highest BCUT2D eigenvalue weighted by atomic mass is 19.1. The molecule has 0 spiro atoms. The number of halogens is 1. The predicted molar refractivity (Wildman–Crippen MR) is 74.2 cm³/mol. The second kappa shape index (κ2) is 4.35. The number of hydrogen-bond acceptors (Lipinski definition) is 1. The molecule has 1 heterocycles. The Labute approximate surface area is 109 Å². The third-order valence-electron chi connectivity index (χ3n) is 3.24. The maximum Gasteiger partial charge on any atom is 0.263 e. The normalized spacial score (nSPS) is 10.8. The van der Waals surface area contributed by atoms with Gasteiger partial charge in [-0.25, -0.2) is 4.39 Å². The fraction of sp³-hybridized carbons (Fsp3) is 0.0625. The number of pyridine rings is 1. The first-order chi connectivity index (χ1) is 9.16. The summed E-state index contributed by atoms with van der Waals surface area (Å²) in [6.07, 6.45) is 1.73.